The molecule has 1 N–H and O–H groups in total. The van der Waals surface area contributed by atoms with Crippen LogP contribution in [0.3, 0.4) is 0 Å². The molecule has 0 fully saturated rings. The largest absolute Gasteiger partial charge is 0.469 e. The smallest absolute Gasteiger partial charge is 0.305 e. The quantitative estimate of drug-likeness (QED) is 0.0663. The average molecular weight is 555 g/mol. The minimum Gasteiger partial charge on any atom is -0.469 e. The molecule has 0 aromatic heterocycles. The van der Waals surface area contributed by atoms with Crippen LogP contribution in [0.25, 0.3) is 0 Å². The van der Waals surface area contributed by atoms with E-state index < -0.39 is 0 Å². The molecular weight excluding hydrogens is 484 g/mol. The van der Waals surface area contributed by atoms with E-state index in [1.807, 2.05) is 0 Å². The number of esters is 1. The Morgan fingerprint density at radius 3 is 1.38 bits per heavy atom. The van der Waals surface area contributed by atoms with Gasteiger partial charge in [0.1, 0.15) is 0 Å². The van der Waals surface area contributed by atoms with Crippen molar-refractivity contribution in [3.8, 4) is 0 Å². The molecule has 4 heteroatoms. The number of unbranched alkanes of at least 4 members (excludes halogenated alkanes) is 22. The first-order valence-electron chi connectivity index (χ1n) is 17.5. The predicted octanol–water partition coefficient (Wildman–Crippen LogP) is 10.9. The Hall–Kier alpha value is -0.610. The van der Waals surface area contributed by atoms with Crippen LogP contribution in [0.4, 0.5) is 0 Å². The normalized spacial score (nSPS) is 13.0. The van der Waals surface area contributed by atoms with Gasteiger partial charge in [-0.2, -0.15) is 0 Å². The van der Waals surface area contributed by atoms with Gasteiger partial charge in [-0.3, -0.25) is 4.79 Å². The summed E-state index contributed by atoms with van der Waals surface area (Å²) in [6.45, 7) is 5.34. The summed E-state index contributed by atoms with van der Waals surface area (Å²) in [5, 5.41) is 10.9. The van der Waals surface area contributed by atoms with Gasteiger partial charge in [-0.15, -0.1) is 0 Å². The van der Waals surface area contributed by atoms with E-state index >= 15 is 0 Å². The Kier molecular flexibility index (Phi) is 31.4. The second-order valence-electron chi connectivity index (χ2n) is 12.0. The Morgan fingerprint density at radius 1 is 0.538 bits per heavy atom. The van der Waals surface area contributed by atoms with Gasteiger partial charge in [0.05, 0.1) is 19.3 Å². The van der Waals surface area contributed by atoms with Crippen LogP contribution in [0.2, 0.25) is 0 Å². The summed E-state index contributed by atoms with van der Waals surface area (Å²) in [6.07, 6.45) is 34.1. The van der Waals surface area contributed by atoms with Crippen LogP contribution in [0, 0.1) is 0 Å². The molecule has 234 valence electrons. The fourth-order valence-corrected chi connectivity index (χ4v) is 5.49. The molecule has 4 nitrogen and oxygen atoms in total. The maximum atomic E-state index is 11.2. The maximum absolute atomic E-state index is 11.2. The molecule has 0 amide bonds. The molecule has 0 heterocycles. The second-order valence-corrected chi connectivity index (χ2v) is 12.0. The van der Waals surface area contributed by atoms with Gasteiger partial charge in [0.25, 0.3) is 0 Å². The first kappa shape index (κ1) is 38.4. The van der Waals surface area contributed by atoms with Crippen LogP contribution in [0.1, 0.15) is 194 Å². The number of ether oxygens (including phenoxy) is 2. The van der Waals surface area contributed by atoms with Crippen molar-refractivity contribution in [2.45, 2.75) is 206 Å². The van der Waals surface area contributed by atoms with Gasteiger partial charge in [-0.1, -0.05) is 162 Å². The van der Waals surface area contributed by atoms with E-state index in [0.29, 0.717) is 6.42 Å². The molecule has 0 saturated carbocycles. The summed E-state index contributed by atoms with van der Waals surface area (Å²) in [4.78, 5) is 11.2. The van der Waals surface area contributed by atoms with E-state index in [-0.39, 0.29) is 18.2 Å². The fourth-order valence-electron chi connectivity index (χ4n) is 5.49. The van der Waals surface area contributed by atoms with Crippen LogP contribution >= 0.6 is 0 Å². The van der Waals surface area contributed by atoms with Gasteiger partial charge in [-0.05, 0) is 25.7 Å². The van der Waals surface area contributed by atoms with Gasteiger partial charge in [0.15, 0.2) is 0 Å². The Morgan fingerprint density at radius 2 is 0.923 bits per heavy atom. The molecule has 0 aliphatic heterocycles. The number of rotatable bonds is 32. The number of aliphatic hydroxyl groups excluding tert-OH is 1. The molecule has 0 rings (SSSR count). The molecule has 0 bridgehead atoms. The molecular formula is C35H70O4. The Balaban J connectivity index is 3.93. The first-order valence-corrected chi connectivity index (χ1v) is 17.5. The van der Waals surface area contributed by atoms with Crippen molar-refractivity contribution in [2.24, 2.45) is 0 Å². The molecule has 0 aliphatic carbocycles. The highest BCUT2D eigenvalue weighted by atomic mass is 16.5. The SMILES string of the molecule is CCCCCCCCCCCCCCCCOC(CCCCCCCC)C(O)CCCCCCCC(=O)OC. The van der Waals surface area contributed by atoms with E-state index in [9.17, 15) is 9.90 Å². The molecule has 2 unspecified atom stereocenters. The summed E-state index contributed by atoms with van der Waals surface area (Å²) < 4.78 is 11.0. The van der Waals surface area contributed by atoms with Crippen molar-refractivity contribution < 1.29 is 19.4 Å². The highest BCUT2D eigenvalue weighted by Crippen LogP contribution is 2.19. The van der Waals surface area contributed by atoms with Crippen LogP contribution in [0.5, 0.6) is 0 Å². The number of aliphatic hydroxyl groups is 1. The summed E-state index contributed by atoms with van der Waals surface area (Å²) >= 11 is 0. The lowest BCUT2D eigenvalue weighted by atomic mass is 9.99. The molecule has 0 saturated heterocycles. The van der Waals surface area contributed by atoms with Crippen molar-refractivity contribution in [3.63, 3.8) is 0 Å². The zero-order chi connectivity index (χ0) is 28.7. The third-order valence-electron chi connectivity index (χ3n) is 8.21. The van der Waals surface area contributed by atoms with Crippen molar-refractivity contribution >= 4 is 5.97 Å². The van der Waals surface area contributed by atoms with Crippen molar-refractivity contribution in [1.29, 1.82) is 0 Å². The fraction of sp³-hybridized carbons (Fsp3) is 0.971. The monoisotopic (exact) mass is 555 g/mol. The number of carbonyl (C=O) groups is 1. The van der Waals surface area contributed by atoms with Gasteiger partial charge >= 0.3 is 5.97 Å². The predicted molar refractivity (Wildman–Crippen MR) is 168 cm³/mol. The Bertz CT molecular complexity index is 481. The van der Waals surface area contributed by atoms with Crippen LogP contribution in [-0.2, 0) is 14.3 Å². The topological polar surface area (TPSA) is 55.8 Å². The summed E-state index contributed by atoms with van der Waals surface area (Å²) in [5.74, 6) is -0.112. The first-order chi connectivity index (χ1) is 19.2. The number of carbonyl (C=O) groups excluding carboxylic acids is 1. The lowest BCUT2D eigenvalue weighted by Gasteiger charge is -2.24. The molecule has 0 aromatic rings. The second kappa shape index (κ2) is 31.9. The molecule has 0 aliphatic rings. The third kappa shape index (κ3) is 28.7. The Labute approximate surface area is 244 Å². The molecule has 39 heavy (non-hydrogen) atoms. The summed E-state index contributed by atoms with van der Waals surface area (Å²) in [5.41, 5.74) is 0. The van der Waals surface area contributed by atoms with E-state index in [1.54, 1.807) is 0 Å². The highest BCUT2D eigenvalue weighted by Gasteiger charge is 2.19. The zero-order valence-corrected chi connectivity index (χ0v) is 26.8. The lowest BCUT2D eigenvalue weighted by molar-refractivity contribution is -0.140. The van der Waals surface area contributed by atoms with Crippen LogP contribution in [-0.4, -0.2) is 37.0 Å². The van der Waals surface area contributed by atoms with E-state index in [0.717, 1.165) is 64.4 Å². The molecule has 0 radical (unpaired) electrons. The van der Waals surface area contributed by atoms with Crippen molar-refractivity contribution in [1.82, 2.24) is 0 Å². The van der Waals surface area contributed by atoms with Crippen molar-refractivity contribution in [2.75, 3.05) is 13.7 Å². The number of hydrogen-bond donors (Lipinski definition) is 1. The van der Waals surface area contributed by atoms with Crippen LogP contribution < -0.4 is 0 Å². The molecule has 0 spiro atoms. The standard InChI is InChI=1S/C35H70O4/c1-4-6-8-10-12-13-14-15-16-17-18-19-24-28-32-39-34(30-26-22-11-9-7-5-2)33(36)29-25-21-20-23-27-31-35(37)38-3/h33-34,36H,4-32H2,1-3H3. The lowest BCUT2D eigenvalue weighted by Crippen LogP contribution is -2.29. The number of hydrogen-bond acceptors (Lipinski definition) is 4. The zero-order valence-electron chi connectivity index (χ0n) is 26.8. The summed E-state index contributed by atoms with van der Waals surface area (Å²) in [7, 11) is 1.45. The van der Waals surface area contributed by atoms with Gasteiger partial charge < -0.3 is 14.6 Å². The minimum absolute atomic E-state index is 0.00234. The van der Waals surface area contributed by atoms with E-state index in [1.165, 1.54) is 123 Å². The molecule has 0 aromatic carbocycles. The maximum Gasteiger partial charge on any atom is 0.305 e. The van der Waals surface area contributed by atoms with Gasteiger partial charge in [0.2, 0.25) is 0 Å². The van der Waals surface area contributed by atoms with Gasteiger partial charge in [-0.25, -0.2) is 0 Å². The molecule has 2 atom stereocenters. The minimum atomic E-state index is -0.345. The third-order valence-corrected chi connectivity index (χ3v) is 8.21. The van der Waals surface area contributed by atoms with E-state index in [2.05, 4.69) is 13.8 Å². The average Bonchev–Trinajstić information content (AvgIpc) is 2.94. The summed E-state index contributed by atoms with van der Waals surface area (Å²) in [6, 6.07) is 0. The number of methoxy groups -OCH3 is 1. The van der Waals surface area contributed by atoms with Crippen molar-refractivity contribution in [3.05, 3.63) is 0 Å². The van der Waals surface area contributed by atoms with Gasteiger partial charge in [0, 0.05) is 13.0 Å². The van der Waals surface area contributed by atoms with E-state index in [4.69, 9.17) is 9.47 Å². The highest BCUT2D eigenvalue weighted by molar-refractivity contribution is 5.68. The van der Waals surface area contributed by atoms with Crippen LogP contribution in [0.15, 0.2) is 0 Å².